The molecule has 1 heterocycles. The second-order valence-corrected chi connectivity index (χ2v) is 4.84. The lowest BCUT2D eigenvalue weighted by molar-refractivity contribution is 0.0703. The summed E-state index contributed by atoms with van der Waals surface area (Å²) in [5.74, 6) is -0.388. The quantitative estimate of drug-likeness (QED) is 0.910. The minimum absolute atomic E-state index is 0.0169. The van der Waals surface area contributed by atoms with Crippen molar-refractivity contribution in [2.75, 3.05) is 27.3 Å². The zero-order valence-electron chi connectivity index (χ0n) is 11.7. The molecule has 0 saturated carbocycles. The fourth-order valence-corrected chi connectivity index (χ4v) is 2.38. The summed E-state index contributed by atoms with van der Waals surface area (Å²) in [6.07, 6.45) is 1.72. The van der Waals surface area contributed by atoms with E-state index in [-0.39, 0.29) is 23.3 Å². The van der Waals surface area contributed by atoms with Gasteiger partial charge in [0.1, 0.15) is 5.82 Å². The van der Waals surface area contributed by atoms with Crippen molar-refractivity contribution in [2.24, 2.45) is 5.73 Å². The van der Waals surface area contributed by atoms with Gasteiger partial charge in [-0.3, -0.25) is 4.79 Å². The minimum Gasteiger partial charge on any atom is -0.493 e. The second-order valence-electron chi connectivity index (χ2n) is 4.84. The number of piperidine rings is 1. The van der Waals surface area contributed by atoms with Crippen molar-refractivity contribution in [3.8, 4) is 11.5 Å². The van der Waals surface area contributed by atoms with Crippen molar-refractivity contribution in [3.05, 3.63) is 23.5 Å². The summed E-state index contributed by atoms with van der Waals surface area (Å²) in [4.78, 5) is 13.9. The van der Waals surface area contributed by atoms with Gasteiger partial charge in [0, 0.05) is 25.2 Å². The molecule has 0 spiro atoms. The predicted octanol–water partition coefficient (Wildman–Crippen LogP) is 1.41. The van der Waals surface area contributed by atoms with Crippen LogP contribution >= 0.6 is 0 Å². The molecule has 1 amide bonds. The number of methoxy groups -OCH3 is 2. The average molecular weight is 282 g/mol. The largest absolute Gasteiger partial charge is 0.493 e. The van der Waals surface area contributed by atoms with E-state index in [4.69, 9.17) is 15.2 Å². The number of likely N-dealkylation sites (tertiary alicyclic amines) is 1. The van der Waals surface area contributed by atoms with Crippen molar-refractivity contribution in [3.63, 3.8) is 0 Å². The van der Waals surface area contributed by atoms with Gasteiger partial charge in [-0.1, -0.05) is 0 Å². The minimum atomic E-state index is -0.619. The Kier molecular flexibility index (Phi) is 4.44. The number of benzene rings is 1. The van der Waals surface area contributed by atoms with E-state index in [2.05, 4.69) is 0 Å². The van der Waals surface area contributed by atoms with Crippen molar-refractivity contribution in [2.45, 2.75) is 18.9 Å². The number of halogens is 1. The van der Waals surface area contributed by atoms with E-state index in [1.807, 2.05) is 0 Å². The van der Waals surface area contributed by atoms with E-state index in [1.165, 1.54) is 20.3 Å². The van der Waals surface area contributed by atoms with E-state index < -0.39 is 5.82 Å². The van der Waals surface area contributed by atoms with Crippen LogP contribution in [0.5, 0.6) is 11.5 Å². The number of nitrogens with zero attached hydrogens (tertiary/aromatic N) is 1. The van der Waals surface area contributed by atoms with Crippen molar-refractivity contribution in [1.29, 1.82) is 0 Å². The van der Waals surface area contributed by atoms with Crippen LogP contribution in [0.25, 0.3) is 0 Å². The first-order chi connectivity index (χ1) is 9.56. The first-order valence-corrected chi connectivity index (χ1v) is 6.53. The van der Waals surface area contributed by atoms with Crippen LogP contribution in [0.15, 0.2) is 12.1 Å². The molecule has 1 aromatic carbocycles. The number of carbonyl (C=O) groups excluding carboxylic acids is 1. The number of nitrogens with two attached hydrogens (primary N) is 1. The fourth-order valence-electron chi connectivity index (χ4n) is 2.38. The lowest BCUT2D eigenvalue weighted by atomic mass is 10.0. The maximum atomic E-state index is 14.0. The van der Waals surface area contributed by atoms with E-state index >= 15 is 0 Å². The van der Waals surface area contributed by atoms with Crippen LogP contribution in [0.3, 0.4) is 0 Å². The summed E-state index contributed by atoms with van der Waals surface area (Å²) in [6.45, 7) is 1.05. The van der Waals surface area contributed by atoms with Crippen molar-refractivity contribution < 1.29 is 18.7 Å². The molecule has 20 heavy (non-hydrogen) atoms. The van der Waals surface area contributed by atoms with Gasteiger partial charge in [0.05, 0.1) is 19.8 Å². The topological polar surface area (TPSA) is 64.8 Å². The third-order valence-electron chi connectivity index (χ3n) is 3.45. The maximum Gasteiger partial charge on any atom is 0.257 e. The molecule has 1 aliphatic heterocycles. The van der Waals surface area contributed by atoms with Crippen LogP contribution in [0.4, 0.5) is 4.39 Å². The van der Waals surface area contributed by atoms with Crippen LogP contribution in [0.2, 0.25) is 0 Å². The Morgan fingerprint density at radius 1 is 1.35 bits per heavy atom. The lowest BCUT2D eigenvalue weighted by Gasteiger charge is -2.31. The summed E-state index contributed by atoms with van der Waals surface area (Å²) in [5, 5.41) is 0. The van der Waals surface area contributed by atoms with Gasteiger partial charge in [0.25, 0.3) is 5.91 Å². The van der Waals surface area contributed by atoms with E-state index in [1.54, 1.807) is 4.90 Å². The zero-order chi connectivity index (χ0) is 14.7. The first-order valence-electron chi connectivity index (χ1n) is 6.53. The zero-order valence-corrected chi connectivity index (χ0v) is 11.7. The molecular weight excluding hydrogens is 263 g/mol. The molecular formula is C14H19FN2O3. The number of hydrogen-bond donors (Lipinski definition) is 1. The highest BCUT2D eigenvalue weighted by Gasteiger charge is 2.25. The van der Waals surface area contributed by atoms with Gasteiger partial charge < -0.3 is 20.1 Å². The molecule has 5 nitrogen and oxygen atoms in total. The lowest BCUT2D eigenvalue weighted by Crippen LogP contribution is -2.45. The predicted molar refractivity (Wildman–Crippen MR) is 72.6 cm³/mol. The summed E-state index contributed by atoms with van der Waals surface area (Å²) >= 11 is 0. The van der Waals surface area contributed by atoms with Gasteiger partial charge in [-0.25, -0.2) is 4.39 Å². The number of rotatable bonds is 3. The molecule has 1 atom stereocenters. The Bertz CT molecular complexity index is 507. The SMILES string of the molecule is COc1cc(F)c(C(=O)N2CCCC(N)C2)cc1OC. The summed E-state index contributed by atoms with van der Waals surface area (Å²) in [5.41, 5.74) is 5.83. The van der Waals surface area contributed by atoms with Gasteiger partial charge >= 0.3 is 0 Å². The van der Waals surface area contributed by atoms with Gasteiger partial charge in [0.15, 0.2) is 11.5 Å². The standard InChI is InChI=1S/C14H19FN2O3/c1-19-12-6-10(11(15)7-13(12)20-2)14(18)17-5-3-4-9(16)8-17/h6-7,9H,3-5,8,16H2,1-2H3. The Morgan fingerprint density at radius 2 is 2.00 bits per heavy atom. The van der Waals surface area contributed by atoms with E-state index in [9.17, 15) is 9.18 Å². The molecule has 1 unspecified atom stereocenters. The maximum absolute atomic E-state index is 14.0. The molecule has 1 saturated heterocycles. The molecule has 6 heteroatoms. The molecule has 1 aromatic rings. The molecule has 0 bridgehead atoms. The van der Waals surface area contributed by atoms with Crippen LogP contribution in [0.1, 0.15) is 23.2 Å². The smallest absolute Gasteiger partial charge is 0.257 e. The average Bonchev–Trinajstić information content (AvgIpc) is 2.46. The molecule has 2 rings (SSSR count). The normalized spacial score (nSPS) is 18.8. The highest BCUT2D eigenvalue weighted by molar-refractivity contribution is 5.95. The molecule has 0 aromatic heterocycles. The molecule has 0 radical (unpaired) electrons. The van der Waals surface area contributed by atoms with Gasteiger partial charge in [-0.2, -0.15) is 0 Å². The Labute approximate surface area is 117 Å². The summed E-state index contributed by atoms with van der Waals surface area (Å²) in [6, 6.07) is 2.49. The molecule has 110 valence electrons. The fraction of sp³-hybridized carbons (Fsp3) is 0.500. The molecule has 1 fully saturated rings. The third kappa shape index (κ3) is 2.85. The van der Waals surface area contributed by atoms with Crippen molar-refractivity contribution >= 4 is 5.91 Å². The molecule has 0 aliphatic carbocycles. The van der Waals surface area contributed by atoms with Gasteiger partial charge in [-0.15, -0.1) is 0 Å². The molecule has 2 N–H and O–H groups in total. The first kappa shape index (κ1) is 14.6. The Hall–Kier alpha value is -1.82. The van der Waals surface area contributed by atoms with Crippen LogP contribution in [-0.4, -0.2) is 44.2 Å². The van der Waals surface area contributed by atoms with Crippen molar-refractivity contribution in [1.82, 2.24) is 4.90 Å². The van der Waals surface area contributed by atoms with E-state index in [0.29, 0.717) is 18.8 Å². The monoisotopic (exact) mass is 282 g/mol. The van der Waals surface area contributed by atoms with Gasteiger partial charge in [-0.05, 0) is 18.9 Å². The van der Waals surface area contributed by atoms with Crippen LogP contribution in [0, 0.1) is 5.82 Å². The van der Waals surface area contributed by atoms with Crippen LogP contribution in [-0.2, 0) is 0 Å². The third-order valence-corrected chi connectivity index (χ3v) is 3.45. The van der Waals surface area contributed by atoms with E-state index in [0.717, 1.165) is 18.9 Å². The Balaban J connectivity index is 2.29. The number of ether oxygens (including phenoxy) is 2. The van der Waals surface area contributed by atoms with Gasteiger partial charge in [0.2, 0.25) is 0 Å². The Morgan fingerprint density at radius 3 is 2.60 bits per heavy atom. The number of hydrogen-bond acceptors (Lipinski definition) is 4. The summed E-state index contributed by atoms with van der Waals surface area (Å²) in [7, 11) is 2.86. The molecule has 1 aliphatic rings. The number of amides is 1. The second kappa shape index (κ2) is 6.09. The highest BCUT2D eigenvalue weighted by Crippen LogP contribution is 2.30. The van der Waals surface area contributed by atoms with Crippen LogP contribution < -0.4 is 15.2 Å². The highest BCUT2D eigenvalue weighted by atomic mass is 19.1. The number of carbonyl (C=O) groups is 1. The summed E-state index contributed by atoms with van der Waals surface area (Å²) < 4.78 is 24.1.